The number of rotatable bonds is 5. The highest BCUT2D eigenvalue weighted by Gasteiger charge is 2.30. The van der Waals surface area contributed by atoms with Crippen LogP contribution in [-0.4, -0.2) is 29.8 Å². The maximum Gasteiger partial charge on any atom is 0.303 e. The largest absolute Gasteiger partial charge is 0.458 e. The standard InChI is InChI=1S/C14H15Cl2NO4/c1-8(18)21-7-12(19)14(2,3)17-13(20)9-4-10(15)6-11(16)5-9/h4-6H,7H2,1-3H3,(H,17,20). The van der Waals surface area contributed by atoms with Crippen molar-refractivity contribution >= 4 is 40.9 Å². The molecule has 0 aliphatic rings. The summed E-state index contributed by atoms with van der Waals surface area (Å²) in [5.74, 6) is -1.49. The molecule has 0 fully saturated rings. The number of hydrogen-bond acceptors (Lipinski definition) is 4. The van der Waals surface area contributed by atoms with Crippen molar-refractivity contribution in [3.8, 4) is 0 Å². The number of benzene rings is 1. The Bertz CT molecular complexity index is 564. The van der Waals surface area contributed by atoms with Crippen LogP contribution in [0.2, 0.25) is 10.0 Å². The molecule has 0 aromatic heterocycles. The monoisotopic (exact) mass is 331 g/mol. The first-order valence-electron chi connectivity index (χ1n) is 6.07. The van der Waals surface area contributed by atoms with Crippen molar-refractivity contribution in [2.45, 2.75) is 26.3 Å². The van der Waals surface area contributed by atoms with Gasteiger partial charge in [-0.15, -0.1) is 0 Å². The molecule has 0 radical (unpaired) electrons. The van der Waals surface area contributed by atoms with Gasteiger partial charge in [-0.3, -0.25) is 14.4 Å². The molecule has 0 saturated carbocycles. The van der Waals surface area contributed by atoms with Gasteiger partial charge in [0.2, 0.25) is 0 Å². The number of amides is 1. The Balaban J connectivity index is 2.80. The van der Waals surface area contributed by atoms with Crippen molar-refractivity contribution in [1.82, 2.24) is 5.32 Å². The molecule has 0 saturated heterocycles. The zero-order valence-electron chi connectivity index (χ0n) is 11.8. The quantitative estimate of drug-likeness (QED) is 0.842. The van der Waals surface area contributed by atoms with Crippen LogP contribution in [0.4, 0.5) is 0 Å². The second kappa shape index (κ2) is 6.91. The molecular formula is C14H15Cl2NO4. The molecule has 114 valence electrons. The van der Waals surface area contributed by atoms with E-state index in [4.69, 9.17) is 23.2 Å². The minimum Gasteiger partial charge on any atom is -0.458 e. The minimum atomic E-state index is -1.19. The topological polar surface area (TPSA) is 72.5 Å². The van der Waals surface area contributed by atoms with E-state index in [0.717, 1.165) is 0 Å². The van der Waals surface area contributed by atoms with Gasteiger partial charge in [-0.1, -0.05) is 23.2 Å². The van der Waals surface area contributed by atoms with Crippen molar-refractivity contribution in [3.63, 3.8) is 0 Å². The minimum absolute atomic E-state index is 0.237. The summed E-state index contributed by atoms with van der Waals surface area (Å²) in [5, 5.41) is 3.19. The first kappa shape index (κ1) is 17.5. The fourth-order valence-electron chi connectivity index (χ4n) is 1.46. The zero-order chi connectivity index (χ0) is 16.2. The number of ketones is 1. The molecule has 5 nitrogen and oxygen atoms in total. The molecule has 21 heavy (non-hydrogen) atoms. The molecule has 0 aliphatic carbocycles. The van der Waals surface area contributed by atoms with Gasteiger partial charge in [-0.05, 0) is 32.0 Å². The van der Waals surface area contributed by atoms with Crippen LogP contribution >= 0.6 is 23.2 Å². The van der Waals surface area contributed by atoms with Crippen molar-refractivity contribution < 1.29 is 19.1 Å². The van der Waals surface area contributed by atoms with Crippen LogP contribution < -0.4 is 5.32 Å². The summed E-state index contributed by atoms with van der Waals surface area (Å²) < 4.78 is 4.63. The summed E-state index contributed by atoms with van der Waals surface area (Å²) in [7, 11) is 0. The third kappa shape index (κ3) is 5.36. The van der Waals surface area contributed by atoms with Crippen LogP contribution in [0.15, 0.2) is 18.2 Å². The molecule has 1 amide bonds. The zero-order valence-corrected chi connectivity index (χ0v) is 13.3. The van der Waals surface area contributed by atoms with Crippen LogP contribution in [0.25, 0.3) is 0 Å². The van der Waals surface area contributed by atoms with E-state index in [1.807, 2.05) is 0 Å². The van der Waals surface area contributed by atoms with Crippen molar-refractivity contribution in [2.24, 2.45) is 0 Å². The summed E-state index contributed by atoms with van der Waals surface area (Å²) in [6.07, 6.45) is 0. The molecule has 0 atom stereocenters. The molecule has 0 spiro atoms. The Hall–Kier alpha value is -1.59. The van der Waals surface area contributed by atoms with Crippen molar-refractivity contribution in [1.29, 1.82) is 0 Å². The van der Waals surface area contributed by atoms with E-state index in [0.29, 0.717) is 10.0 Å². The predicted molar refractivity (Wildman–Crippen MR) is 79.6 cm³/mol. The molecule has 1 N–H and O–H groups in total. The van der Waals surface area contributed by atoms with Gasteiger partial charge in [-0.25, -0.2) is 0 Å². The maximum atomic E-state index is 12.1. The first-order chi connectivity index (χ1) is 9.61. The fourth-order valence-corrected chi connectivity index (χ4v) is 1.98. The van der Waals surface area contributed by atoms with Gasteiger partial charge < -0.3 is 10.1 Å². The van der Waals surface area contributed by atoms with E-state index < -0.39 is 29.8 Å². The Morgan fingerprint density at radius 2 is 1.67 bits per heavy atom. The molecule has 1 aromatic rings. The molecule has 0 bridgehead atoms. The summed E-state index contributed by atoms with van der Waals surface area (Å²) >= 11 is 11.6. The van der Waals surface area contributed by atoms with Crippen LogP contribution in [0.5, 0.6) is 0 Å². The summed E-state index contributed by atoms with van der Waals surface area (Å²) in [6, 6.07) is 4.38. The van der Waals surface area contributed by atoms with Gasteiger partial charge in [0.25, 0.3) is 5.91 Å². The number of ether oxygens (including phenoxy) is 1. The Morgan fingerprint density at radius 1 is 1.14 bits per heavy atom. The highest BCUT2D eigenvalue weighted by atomic mass is 35.5. The maximum absolute atomic E-state index is 12.1. The molecule has 1 rings (SSSR count). The van der Waals surface area contributed by atoms with E-state index in [-0.39, 0.29) is 5.56 Å². The molecule has 7 heteroatoms. The van der Waals surface area contributed by atoms with Gasteiger partial charge >= 0.3 is 5.97 Å². The van der Waals surface area contributed by atoms with E-state index >= 15 is 0 Å². The van der Waals surface area contributed by atoms with E-state index in [2.05, 4.69) is 10.1 Å². The van der Waals surface area contributed by atoms with Crippen LogP contribution in [0, 0.1) is 0 Å². The molecular weight excluding hydrogens is 317 g/mol. The van der Waals surface area contributed by atoms with E-state index in [9.17, 15) is 14.4 Å². The number of carbonyl (C=O) groups excluding carboxylic acids is 3. The average molecular weight is 332 g/mol. The van der Waals surface area contributed by atoms with Gasteiger partial charge in [0.05, 0.1) is 5.54 Å². The Labute approximate surface area is 132 Å². The second-order valence-electron chi connectivity index (χ2n) is 4.94. The van der Waals surface area contributed by atoms with Crippen LogP contribution in [0.1, 0.15) is 31.1 Å². The third-order valence-corrected chi connectivity index (χ3v) is 3.09. The normalized spacial score (nSPS) is 10.9. The summed E-state index contributed by atoms with van der Waals surface area (Å²) in [5.41, 5.74) is -0.956. The lowest BCUT2D eigenvalue weighted by Gasteiger charge is -2.24. The number of esters is 1. The van der Waals surface area contributed by atoms with Gasteiger partial charge in [0.15, 0.2) is 12.4 Å². The van der Waals surface area contributed by atoms with Crippen molar-refractivity contribution in [3.05, 3.63) is 33.8 Å². The average Bonchev–Trinajstić information content (AvgIpc) is 2.33. The molecule has 1 aromatic carbocycles. The second-order valence-corrected chi connectivity index (χ2v) is 5.81. The number of hydrogen-bond donors (Lipinski definition) is 1. The number of Topliss-reactive ketones (excluding diaryl/α,β-unsaturated/α-hetero) is 1. The van der Waals surface area contributed by atoms with E-state index in [1.54, 1.807) is 0 Å². The highest BCUT2D eigenvalue weighted by molar-refractivity contribution is 6.35. The first-order valence-corrected chi connectivity index (χ1v) is 6.82. The lowest BCUT2D eigenvalue weighted by atomic mass is 9.99. The summed E-state index contributed by atoms with van der Waals surface area (Å²) in [6.45, 7) is 3.83. The van der Waals surface area contributed by atoms with Gasteiger partial charge in [0.1, 0.15) is 0 Å². The Morgan fingerprint density at radius 3 is 2.14 bits per heavy atom. The van der Waals surface area contributed by atoms with E-state index in [1.165, 1.54) is 39.0 Å². The SMILES string of the molecule is CC(=O)OCC(=O)C(C)(C)NC(=O)c1cc(Cl)cc(Cl)c1. The number of halogens is 2. The van der Waals surface area contributed by atoms with Crippen LogP contribution in [-0.2, 0) is 14.3 Å². The molecule has 0 unspecified atom stereocenters. The highest BCUT2D eigenvalue weighted by Crippen LogP contribution is 2.19. The van der Waals surface area contributed by atoms with Crippen molar-refractivity contribution in [2.75, 3.05) is 6.61 Å². The predicted octanol–water partition coefficient (Wildman–Crippen LogP) is 2.63. The van der Waals surface area contributed by atoms with Crippen LogP contribution in [0.3, 0.4) is 0 Å². The summed E-state index contributed by atoms with van der Waals surface area (Å²) in [4.78, 5) is 34.7. The lowest BCUT2D eigenvalue weighted by Crippen LogP contribution is -2.51. The fraction of sp³-hybridized carbons (Fsp3) is 0.357. The number of carbonyl (C=O) groups is 3. The Kier molecular flexibility index (Phi) is 5.75. The number of nitrogens with one attached hydrogen (secondary N) is 1. The van der Waals surface area contributed by atoms with Gasteiger partial charge in [-0.2, -0.15) is 0 Å². The van der Waals surface area contributed by atoms with Gasteiger partial charge in [0, 0.05) is 22.5 Å². The molecule has 0 heterocycles. The third-order valence-electron chi connectivity index (χ3n) is 2.65. The lowest BCUT2D eigenvalue weighted by molar-refractivity contribution is -0.147. The molecule has 0 aliphatic heterocycles. The smallest absolute Gasteiger partial charge is 0.303 e.